The minimum atomic E-state index is -0.480. The van der Waals surface area contributed by atoms with Crippen molar-refractivity contribution in [3.63, 3.8) is 0 Å². The fraction of sp³-hybridized carbons (Fsp3) is 0.400. The molecule has 0 bridgehead atoms. The molecule has 1 aliphatic rings. The first-order valence-corrected chi connectivity index (χ1v) is 5.77. The number of carbonyl (C=O) groups is 2. The number of halogens is 2. The molecule has 4 N–H and O–H groups in total. The van der Waals surface area contributed by atoms with Gasteiger partial charge in [-0.2, -0.15) is 0 Å². The van der Waals surface area contributed by atoms with Crippen molar-refractivity contribution < 1.29 is 9.59 Å². The van der Waals surface area contributed by atoms with E-state index in [-0.39, 0.29) is 30.7 Å². The van der Waals surface area contributed by atoms with Crippen LogP contribution in [0, 0.1) is 0 Å². The standard InChI is InChI=1S/C10H13N3O2S.2ClH/c1-5(14)13-3-2-6-7(4-13)16-10(12)8(6)9(11)15;;/h2-4,12H2,1H3,(H2,11,15);2*1H. The Labute approximate surface area is 121 Å². The van der Waals surface area contributed by atoms with E-state index in [1.165, 1.54) is 18.3 Å². The summed E-state index contributed by atoms with van der Waals surface area (Å²) in [6.45, 7) is 2.70. The van der Waals surface area contributed by atoms with Gasteiger partial charge in [0.25, 0.3) is 5.91 Å². The maximum atomic E-state index is 11.2. The van der Waals surface area contributed by atoms with Crippen LogP contribution in [-0.2, 0) is 17.8 Å². The number of fused-ring (bicyclic) bond motifs is 1. The highest BCUT2D eigenvalue weighted by atomic mass is 35.5. The molecule has 2 amide bonds. The molecule has 0 unspecified atom stereocenters. The summed E-state index contributed by atoms with van der Waals surface area (Å²) in [7, 11) is 0. The number of hydrogen-bond donors (Lipinski definition) is 2. The molecular weight excluding hydrogens is 297 g/mol. The van der Waals surface area contributed by atoms with E-state index in [1.54, 1.807) is 4.90 Å². The van der Waals surface area contributed by atoms with Gasteiger partial charge in [-0.3, -0.25) is 9.59 Å². The third-order valence-corrected chi connectivity index (χ3v) is 3.82. The third kappa shape index (κ3) is 2.88. The molecule has 2 rings (SSSR count). The summed E-state index contributed by atoms with van der Waals surface area (Å²) >= 11 is 1.35. The van der Waals surface area contributed by atoms with Crippen molar-refractivity contribution in [1.82, 2.24) is 4.90 Å². The van der Waals surface area contributed by atoms with Crippen molar-refractivity contribution >= 4 is 53.0 Å². The van der Waals surface area contributed by atoms with Crippen LogP contribution in [0.15, 0.2) is 0 Å². The van der Waals surface area contributed by atoms with Crippen LogP contribution in [0.25, 0.3) is 0 Å². The third-order valence-electron chi connectivity index (χ3n) is 2.78. The van der Waals surface area contributed by atoms with Crippen LogP contribution in [-0.4, -0.2) is 23.3 Å². The Morgan fingerprint density at radius 2 is 1.94 bits per heavy atom. The van der Waals surface area contributed by atoms with E-state index in [2.05, 4.69) is 0 Å². The van der Waals surface area contributed by atoms with Gasteiger partial charge < -0.3 is 16.4 Å². The van der Waals surface area contributed by atoms with Crippen LogP contribution in [0.2, 0.25) is 0 Å². The predicted molar refractivity (Wildman–Crippen MR) is 76.5 cm³/mol. The Bertz CT molecular complexity index is 476. The quantitative estimate of drug-likeness (QED) is 0.816. The van der Waals surface area contributed by atoms with Gasteiger partial charge in [0.2, 0.25) is 5.91 Å². The number of thiophene rings is 1. The van der Waals surface area contributed by atoms with Crippen LogP contribution in [0.3, 0.4) is 0 Å². The number of hydrogen-bond acceptors (Lipinski definition) is 4. The van der Waals surface area contributed by atoms with Gasteiger partial charge in [0.1, 0.15) is 0 Å². The number of anilines is 1. The molecule has 0 atom stereocenters. The molecule has 1 aliphatic heterocycles. The van der Waals surface area contributed by atoms with E-state index in [0.29, 0.717) is 30.1 Å². The van der Waals surface area contributed by atoms with Crippen molar-refractivity contribution in [2.45, 2.75) is 19.9 Å². The first-order chi connectivity index (χ1) is 7.50. The Hall–Kier alpha value is -0.980. The Balaban J connectivity index is 0.00000144. The summed E-state index contributed by atoms with van der Waals surface area (Å²) in [5, 5.41) is 0.461. The van der Waals surface area contributed by atoms with Gasteiger partial charge in [-0.1, -0.05) is 0 Å². The largest absolute Gasteiger partial charge is 0.390 e. The summed E-state index contributed by atoms with van der Waals surface area (Å²) in [5.74, 6) is -0.440. The molecule has 5 nitrogen and oxygen atoms in total. The maximum absolute atomic E-state index is 11.2. The molecule has 102 valence electrons. The predicted octanol–water partition coefficient (Wildman–Crippen LogP) is 1.18. The molecule has 0 spiro atoms. The molecule has 0 radical (unpaired) electrons. The Morgan fingerprint density at radius 1 is 1.33 bits per heavy atom. The van der Waals surface area contributed by atoms with E-state index in [4.69, 9.17) is 11.5 Å². The number of nitrogens with two attached hydrogens (primary N) is 2. The fourth-order valence-corrected chi connectivity index (χ4v) is 3.10. The van der Waals surface area contributed by atoms with Gasteiger partial charge in [0, 0.05) is 18.3 Å². The average molecular weight is 312 g/mol. The summed E-state index contributed by atoms with van der Waals surface area (Å²) < 4.78 is 0. The lowest BCUT2D eigenvalue weighted by Gasteiger charge is -2.25. The number of carbonyl (C=O) groups excluding carboxylic acids is 2. The number of amides is 2. The summed E-state index contributed by atoms with van der Waals surface area (Å²) in [5.41, 5.74) is 12.4. The highest BCUT2D eigenvalue weighted by Crippen LogP contribution is 2.34. The van der Waals surface area contributed by atoms with Crippen molar-refractivity contribution in [2.24, 2.45) is 5.73 Å². The van der Waals surface area contributed by atoms with Crippen LogP contribution >= 0.6 is 36.2 Å². The first-order valence-electron chi connectivity index (χ1n) is 4.96. The molecule has 1 aromatic heterocycles. The van der Waals surface area contributed by atoms with E-state index < -0.39 is 5.91 Å². The molecule has 0 aromatic carbocycles. The molecule has 8 heteroatoms. The monoisotopic (exact) mass is 311 g/mol. The normalized spacial score (nSPS) is 13.1. The Morgan fingerprint density at radius 3 is 2.44 bits per heavy atom. The van der Waals surface area contributed by atoms with Gasteiger partial charge in [-0.05, 0) is 12.0 Å². The van der Waals surface area contributed by atoms with Gasteiger partial charge in [-0.15, -0.1) is 36.2 Å². The van der Waals surface area contributed by atoms with Crippen LogP contribution in [0.4, 0.5) is 5.00 Å². The zero-order valence-electron chi connectivity index (χ0n) is 9.76. The molecule has 0 saturated carbocycles. The second-order valence-electron chi connectivity index (χ2n) is 3.80. The molecule has 0 fully saturated rings. The second-order valence-corrected chi connectivity index (χ2v) is 4.93. The lowest BCUT2D eigenvalue weighted by Crippen LogP contribution is -2.34. The van der Waals surface area contributed by atoms with Gasteiger partial charge >= 0.3 is 0 Å². The van der Waals surface area contributed by atoms with E-state index in [0.717, 1.165) is 10.4 Å². The first kappa shape index (κ1) is 17.0. The van der Waals surface area contributed by atoms with E-state index in [1.807, 2.05) is 0 Å². The van der Waals surface area contributed by atoms with Crippen molar-refractivity contribution in [3.05, 3.63) is 16.0 Å². The van der Waals surface area contributed by atoms with Crippen molar-refractivity contribution in [1.29, 1.82) is 0 Å². The molecule has 1 aromatic rings. The number of primary amides is 1. The molecule has 2 heterocycles. The lowest BCUT2D eigenvalue weighted by molar-refractivity contribution is -0.129. The SMILES string of the molecule is CC(=O)N1CCc2c(sc(N)c2C(N)=O)C1.Cl.Cl. The van der Waals surface area contributed by atoms with Crippen LogP contribution in [0.1, 0.15) is 27.7 Å². The highest BCUT2D eigenvalue weighted by Gasteiger charge is 2.26. The second kappa shape index (κ2) is 6.26. The maximum Gasteiger partial charge on any atom is 0.251 e. The number of rotatable bonds is 1. The van der Waals surface area contributed by atoms with Gasteiger partial charge in [0.15, 0.2) is 0 Å². The van der Waals surface area contributed by atoms with Crippen LogP contribution < -0.4 is 11.5 Å². The van der Waals surface area contributed by atoms with Gasteiger partial charge in [0.05, 0.1) is 17.1 Å². The van der Waals surface area contributed by atoms with E-state index in [9.17, 15) is 9.59 Å². The minimum absolute atomic E-state index is 0. The van der Waals surface area contributed by atoms with Crippen molar-refractivity contribution in [3.8, 4) is 0 Å². The minimum Gasteiger partial charge on any atom is -0.390 e. The zero-order chi connectivity index (χ0) is 11.9. The number of nitrogen functional groups attached to an aromatic ring is 1. The summed E-state index contributed by atoms with van der Waals surface area (Å²) in [4.78, 5) is 25.2. The number of nitrogens with zero attached hydrogens (tertiary/aromatic N) is 1. The van der Waals surface area contributed by atoms with Crippen LogP contribution in [0.5, 0.6) is 0 Å². The molecule has 18 heavy (non-hydrogen) atoms. The summed E-state index contributed by atoms with van der Waals surface area (Å²) in [6.07, 6.45) is 0.654. The topological polar surface area (TPSA) is 89.4 Å². The van der Waals surface area contributed by atoms with E-state index >= 15 is 0 Å². The fourth-order valence-electron chi connectivity index (χ4n) is 1.96. The molecule has 0 aliphatic carbocycles. The van der Waals surface area contributed by atoms with Gasteiger partial charge in [-0.25, -0.2) is 0 Å². The highest BCUT2D eigenvalue weighted by molar-refractivity contribution is 7.16. The lowest BCUT2D eigenvalue weighted by atomic mass is 10.0. The molecular formula is C10H15Cl2N3O2S. The Kier molecular flexibility index (Phi) is 5.92. The zero-order valence-corrected chi connectivity index (χ0v) is 12.2. The van der Waals surface area contributed by atoms with Crippen molar-refractivity contribution in [2.75, 3.05) is 12.3 Å². The average Bonchev–Trinajstić information content (AvgIpc) is 2.51. The smallest absolute Gasteiger partial charge is 0.251 e. The molecule has 0 saturated heterocycles. The summed E-state index contributed by atoms with van der Waals surface area (Å²) in [6, 6.07) is 0.